The summed E-state index contributed by atoms with van der Waals surface area (Å²) in [7, 11) is 0. The quantitative estimate of drug-likeness (QED) is 0.640. The lowest BCUT2D eigenvalue weighted by atomic mass is 10.1. The van der Waals surface area contributed by atoms with Crippen LogP contribution in [0, 0.1) is 11.3 Å². The Balaban J connectivity index is 1.64. The van der Waals surface area contributed by atoms with Gasteiger partial charge in [0.05, 0.1) is 36.2 Å². The average Bonchev–Trinajstić information content (AvgIpc) is 3.17. The number of nitriles is 1. The number of nitrogens with zero attached hydrogens (tertiary/aromatic N) is 5. The molecule has 0 bridgehead atoms. The molecule has 4 rings (SSSR count). The molecule has 31 heavy (non-hydrogen) atoms. The van der Waals surface area contributed by atoms with Crippen molar-refractivity contribution in [3.8, 4) is 17.3 Å². The molecule has 2 N–H and O–H groups in total. The van der Waals surface area contributed by atoms with Crippen LogP contribution in [0.3, 0.4) is 0 Å². The maximum Gasteiger partial charge on any atom is 0.417 e. The fourth-order valence-electron chi connectivity index (χ4n) is 3.53. The van der Waals surface area contributed by atoms with Crippen molar-refractivity contribution < 1.29 is 17.9 Å². The van der Waals surface area contributed by atoms with Gasteiger partial charge in [0.15, 0.2) is 0 Å². The number of morpholine rings is 1. The van der Waals surface area contributed by atoms with Crippen molar-refractivity contribution in [2.24, 2.45) is 0 Å². The summed E-state index contributed by atoms with van der Waals surface area (Å²) in [6, 6.07) is 3.03. The lowest BCUT2D eigenvalue weighted by molar-refractivity contribution is -0.137. The molecule has 0 aliphatic carbocycles. The zero-order valence-corrected chi connectivity index (χ0v) is 16.7. The Labute approximate surface area is 176 Å². The molecule has 1 unspecified atom stereocenters. The van der Waals surface area contributed by atoms with Gasteiger partial charge >= 0.3 is 6.18 Å². The third-order valence-electron chi connectivity index (χ3n) is 5.03. The van der Waals surface area contributed by atoms with Crippen molar-refractivity contribution in [1.29, 1.82) is 5.26 Å². The number of anilines is 1. The minimum absolute atomic E-state index is 0.0142. The Morgan fingerprint density at radius 2 is 2.06 bits per heavy atom. The van der Waals surface area contributed by atoms with Crippen LogP contribution in [0.2, 0.25) is 0 Å². The van der Waals surface area contributed by atoms with E-state index >= 15 is 0 Å². The van der Waals surface area contributed by atoms with Crippen LogP contribution in [0.25, 0.3) is 22.3 Å². The van der Waals surface area contributed by atoms with E-state index in [0.29, 0.717) is 24.7 Å². The highest BCUT2D eigenvalue weighted by Crippen LogP contribution is 2.34. The van der Waals surface area contributed by atoms with Crippen LogP contribution in [-0.2, 0) is 10.9 Å². The number of halogens is 3. The zero-order chi connectivity index (χ0) is 22.0. The van der Waals surface area contributed by atoms with Crippen molar-refractivity contribution in [1.82, 2.24) is 24.8 Å². The van der Waals surface area contributed by atoms with E-state index in [1.54, 1.807) is 0 Å². The van der Waals surface area contributed by atoms with Gasteiger partial charge in [0, 0.05) is 49.0 Å². The molecule has 0 aromatic carbocycles. The second kappa shape index (κ2) is 8.49. The summed E-state index contributed by atoms with van der Waals surface area (Å²) in [4.78, 5) is 17.6. The number of alkyl halides is 3. The predicted molar refractivity (Wildman–Crippen MR) is 107 cm³/mol. The monoisotopic (exact) mass is 431 g/mol. The van der Waals surface area contributed by atoms with E-state index in [1.165, 1.54) is 12.4 Å². The topological polar surface area (TPSA) is 103 Å². The summed E-state index contributed by atoms with van der Waals surface area (Å²) >= 11 is 0. The Hall–Kier alpha value is -3.23. The van der Waals surface area contributed by atoms with Crippen LogP contribution in [-0.4, -0.2) is 63.7 Å². The van der Waals surface area contributed by atoms with Gasteiger partial charge in [-0.25, -0.2) is 15.0 Å². The summed E-state index contributed by atoms with van der Waals surface area (Å²) in [6.07, 6.45) is -0.886. The molecule has 0 saturated carbocycles. The van der Waals surface area contributed by atoms with Crippen molar-refractivity contribution in [2.75, 3.05) is 38.2 Å². The second-order valence-corrected chi connectivity index (χ2v) is 7.35. The Morgan fingerprint density at radius 3 is 2.77 bits per heavy atom. The lowest BCUT2D eigenvalue weighted by Crippen LogP contribution is -2.42. The van der Waals surface area contributed by atoms with Crippen LogP contribution in [0.15, 0.2) is 24.7 Å². The number of fused-ring (bicyclic) bond motifs is 1. The third kappa shape index (κ3) is 4.60. The van der Waals surface area contributed by atoms with E-state index in [0.717, 1.165) is 31.9 Å². The number of hydrogen-bond acceptors (Lipinski definition) is 7. The van der Waals surface area contributed by atoms with Gasteiger partial charge in [0.1, 0.15) is 11.7 Å². The largest absolute Gasteiger partial charge is 0.417 e. The minimum Gasteiger partial charge on any atom is -0.379 e. The molecule has 4 heterocycles. The zero-order valence-electron chi connectivity index (χ0n) is 16.7. The fraction of sp³-hybridized carbons (Fsp3) is 0.400. The summed E-state index contributed by atoms with van der Waals surface area (Å²) in [6.45, 7) is 5.82. The molecule has 1 aliphatic rings. The molecule has 162 valence electrons. The van der Waals surface area contributed by atoms with Gasteiger partial charge in [0.25, 0.3) is 0 Å². The van der Waals surface area contributed by atoms with Crippen LogP contribution in [0.5, 0.6) is 0 Å². The molecule has 0 spiro atoms. The van der Waals surface area contributed by atoms with Crippen LogP contribution in [0.1, 0.15) is 18.1 Å². The summed E-state index contributed by atoms with van der Waals surface area (Å²) in [5, 5.41) is 12.9. The van der Waals surface area contributed by atoms with E-state index < -0.39 is 11.7 Å². The highest BCUT2D eigenvalue weighted by molar-refractivity contribution is 5.94. The standard InChI is InChI=1S/C20H20F3N7O/c1-12(11-30-2-4-31-5-3-30)28-19-27-8-13(7-24)17(29-19)16-10-26-18-15(16)6-14(9-25-18)20(21,22)23/h6,8-10,12H,2-5,11H2,1H3,(H,25,26)(H,27,28,29). The number of ether oxygens (including phenoxy) is 1. The van der Waals surface area contributed by atoms with Crippen molar-refractivity contribution in [3.05, 3.63) is 35.8 Å². The summed E-state index contributed by atoms with van der Waals surface area (Å²) < 4.78 is 44.8. The van der Waals surface area contributed by atoms with Gasteiger partial charge in [-0.05, 0) is 13.0 Å². The number of hydrogen-bond donors (Lipinski definition) is 2. The van der Waals surface area contributed by atoms with Gasteiger partial charge < -0.3 is 15.0 Å². The number of H-pyrrole nitrogens is 1. The molecular formula is C20H20F3N7O. The smallest absolute Gasteiger partial charge is 0.379 e. The first kappa shape index (κ1) is 21.0. The maximum atomic E-state index is 13.2. The van der Waals surface area contributed by atoms with E-state index in [-0.39, 0.29) is 28.3 Å². The van der Waals surface area contributed by atoms with Gasteiger partial charge in [-0.3, -0.25) is 4.90 Å². The number of aromatic nitrogens is 4. The average molecular weight is 431 g/mol. The number of nitrogens with one attached hydrogen (secondary N) is 2. The number of aromatic amines is 1. The molecule has 3 aromatic heterocycles. The summed E-state index contributed by atoms with van der Waals surface area (Å²) in [5.74, 6) is 0.295. The van der Waals surface area contributed by atoms with E-state index in [2.05, 4.69) is 30.2 Å². The number of rotatable bonds is 5. The van der Waals surface area contributed by atoms with E-state index in [4.69, 9.17) is 4.74 Å². The Kier molecular flexibility index (Phi) is 5.75. The second-order valence-electron chi connectivity index (χ2n) is 7.35. The molecule has 1 fully saturated rings. The molecule has 11 heteroatoms. The van der Waals surface area contributed by atoms with Crippen LogP contribution < -0.4 is 5.32 Å². The molecule has 1 saturated heterocycles. The highest BCUT2D eigenvalue weighted by atomic mass is 19.4. The maximum absolute atomic E-state index is 13.2. The Morgan fingerprint density at radius 1 is 1.29 bits per heavy atom. The van der Waals surface area contributed by atoms with Crippen molar-refractivity contribution in [3.63, 3.8) is 0 Å². The molecule has 1 atom stereocenters. The molecule has 8 nitrogen and oxygen atoms in total. The highest BCUT2D eigenvalue weighted by Gasteiger charge is 2.31. The molecule has 0 radical (unpaired) electrons. The first-order valence-electron chi connectivity index (χ1n) is 9.73. The van der Waals surface area contributed by atoms with Gasteiger partial charge in [0.2, 0.25) is 5.95 Å². The summed E-state index contributed by atoms with van der Waals surface area (Å²) in [5.41, 5.74) is 0.165. The van der Waals surface area contributed by atoms with Crippen LogP contribution >= 0.6 is 0 Å². The van der Waals surface area contributed by atoms with Crippen molar-refractivity contribution >= 4 is 17.0 Å². The van der Waals surface area contributed by atoms with Crippen molar-refractivity contribution in [2.45, 2.75) is 19.1 Å². The lowest BCUT2D eigenvalue weighted by Gasteiger charge is -2.29. The fourth-order valence-corrected chi connectivity index (χ4v) is 3.53. The molecular weight excluding hydrogens is 411 g/mol. The third-order valence-corrected chi connectivity index (χ3v) is 5.03. The molecule has 1 aliphatic heterocycles. The number of pyridine rings is 1. The Bertz CT molecular complexity index is 1120. The van der Waals surface area contributed by atoms with Gasteiger partial charge in [-0.15, -0.1) is 0 Å². The molecule has 0 amide bonds. The van der Waals surface area contributed by atoms with E-state index in [1.807, 2.05) is 13.0 Å². The molecule has 3 aromatic rings. The van der Waals surface area contributed by atoms with Crippen LogP contribution in [0.4, 0.5) is 19.1 Å². The van der Waals surface area contributed by atoms with E-state index in [9.17, 15) is 18.4 Å². The first-order chi connectivity index (χ1) is 14.8. The van der Waals surface area contributed by atoms with Gasteiger partial charge in [-0.1, -0.05) is 0 Å². The van der Waals surface area contributed by atoms with Gasteiger partial charge in [-0.2, -0.15) is 18.4 Å². The normalized spacial score (nSPS) is 16.2. The predicted octanol–water partition coefficient (Wildman–Crippen LogP) is 3.04. The first-order valence-corrected chi connectivity index (χ1v) is 9.73. The SMILES string of the molecule is CC(CN1CCOCC1)Nc1ncc(C#N)c(-c2c[nH]c3ncc(C(F)(F)F)cc23)n1. The minimum atomic E-state index is -4.53.